The molecule has 5 nitrogen and oxygen atoms in total. The number of imidazole rings is 1. The SMILES string of the molecule is [2H]c1c([2H])c([2H])c(-c2ccc3c(c2)n(-c2[c-]c(Oc4[c-]c5c(cc4)c4ccccc4n5-c4cc(C([2H])([2H])[2H])c(-c5c([2H])c([2H])c([2H])c([2H])c5[2H])cn4)ccc2)[c-][n+]3-c2c(-c3cccc(C(C)(C)C)c3)cccc2-c2c([2H])c([2H])c([2H])c([2H])c2[2H])c([2H])c1[2H].[Pt]. The first kappa shape index (κ1) is 29.2. The van der Waals surface area contributed by atoms with Crippen LogP contribution in [0.3, 0.4) is 0 Å². The third kappa shape index (κ3) is 8.47. The standard InChI is InChI=1S/C65H48N4O.Pt/c1-44-37-63(66-42-58(44)47-23-12-7-13-24-47)69-59-32-15-14-29-56(59)57-35-34-53(41-61(57)69)70-52-28-17-27-51(40-52)67-43-68(60-36-33-48(39-62(60)67)45-19-8-5-9-20-45)64-54(46-21-10-6-11-22-46)30-18-31-55(64)49-25-16-26-50(38-49)65(2,3)4;/h5-39,42H,1-4H3;/q-2;/i1D3,5D,6D,7D,8D,9D,10D,11D,12D,13D,19D,20D,21D,22D,23D,24D;. The van der Waals surface area contributed by atoms with Crippen LogP contribution in [0.25, 0.3) is 94.5 Å². The van der Waals surface area contributed by atoms with Crippen molar-refractivity contribution in [2.75, 3.05) is 0 Å². The minimum absolute atomic E-state index is 0. The monoisotopic (exact) mass is 1110 g/mol. The zero-order chi connectivity index (χ0) is 62.9. The molecule has 0 atom stereocenters. The summed E-state index contributed by atoms with van der Waals surface area (Å²) >= 11 is 0. The van der Waals surface area contributed by atoms with E-state index in [1.165, 1.54) is 12.3 Å². The normalized spacial score (nSPS) is 15.3. The van der Waals surface area contributed by atoms with Gasteiger partial charge in [-0.05, 0) is 91.6 Å². The topological polar surface area (TPSA) is 35.9 Å². The molecular formula is C65H48N4OPt-2. The third-order valence-electron chi connectivity index (χ3n) is 12.2. The Morgan fingerprint density at radius 3 is 2.00 bits per heavy atom. The summed E-state index contributed by atoms with van der Waals surface area (Å²) in [6, 6.07) is 34.2. The molecule has 3 heterocycles. The smallest absolute Gasteiger partial charge is 0.268 e. The van der Waals surface area contributed by atoms with Crippen LogP contribution >= 0.6 is 0 Å². The van der Waals surface area contributed by atoms with Crippen molar-refractivity contribution in [2.45, 2.75) is 33.0 Å². The van der Waals surface area contributed by atoms with Gasteiger partial charge in [0, 0.05) is 54.0 Å². The van der Waals surface area contributed by atoms with Gasteiger partial charge in [-0.2, -0.15) is 18.2 Å². The molecule has 0 unspecified atom stereocenters. The first-order valence-electron chi connectivity index (χ1n) is 31.3. The van der Waals surface area contributed by atoms with Crippen molar-refractivity contribution in [3.63, 3.8) is 0 Å². The van der Waals surface area contributed by atoms with Crippen molar-refractivity contribution >= 4 is 32.8 Å². The van der Waals surface area contributed by atoms with Crippen molar-refractivity contribution in [1.29, 1.82) is 0 Å². The Labute approximate surface area is 454 Å². The summed E-state index contributed by atoms with van der Waals surface area (Å²) in [4.78, 5) is 4.68. The van der Waals surface area contributed by atoms with E-state index in [2.05, 4.69) is 44.2 Å². The maximum Gasteiger partial charge on any atom is 0.268 e. The molecule has 0 aliphatic carbocycles. The van der Waals surface area contributed by atoms with Crippen LogP contribution in [0.15, 0.2) is 218 Å². The molecule has 0 saturated carbocycles. The van der Waals surface area contributed by atoms with E-state index in [4.69, 9.17) is 26.7 Å². The summed E-state index contributed by atoms with van der Waals surface area (Å²) in [7, 11) is 0. The average molecular weight is 1110 g/mol. The summed E-state index contributed by atoms with van der Waals surface area (Å²) in [5.41, 5.74) is 4.22. The molecule has 12 rings (SSSR count). The van der Waals surface area contributed by atoms with E-state index in [0.717, 1.165) is 16.5 Å². The maximum absolute atomic E-state index is 9.23. The fourth-order valence-corrected chi connectivity index (χ4v) is 8.83. The van der Waals surface area contributed by atoms with Crippen LogP contribution < -0.4 is 9.30 Å². The van der Waals surface area contributed by atoms with Gasteiger partial charge in [0.2, 0.25) is 0 Å². The molecule has 0 aliphatic rings. The number of hydrogen-bond donors (Lipinski definition) is 0. The maximum atomic E-state index is 9.23. The van der Waals surface area contributed by atoms with Crippen molar-refractivity contribution in [1.82, 2.24) is 14.1 Å². The van der Waals surface area contributed by atoms with Gasteiger partial charge in [-0.15, -0.1) is 29.7 Å². The Morgan fingerprint density at radius 2 is 1.25 bits per heavy atom. The molecule has 0 spiro atoms. The molecule has 6 heteroatoms. The molecule has 346 valence electrons. The summed E-state index contributed by atoms with van der Waals surface area (Å²) in [5, 5.41) is 1.44. The number of nitrogens with zero attached hydrogens (tertiary/aromatic N) is 4. The Bertz CT molecular complexity index is 4870. The van der Waals surface area contributed by atoms with Crippen molar-refractivity contribution in [3.8, 4) is 73.2 Å². The molecule has 0 N–H and O–H groups in total. The van der Waals surface area contributed by atoms with E-state index in [1.807, 2.05) is 54.6 Å². The quantitative estimate of drug-likeness (QED) is 0.107. The molecule has 0 fully saturated rings. The van der Waals surface area contributed by atoms with E-state index in [-0.39, 0.29) is 82.7 Å². The molecule has 71 heavy (non-hydrogen) atoms. The number of aromatic nitrogens is 4. The van der Waals surface area contributed by atoms with Crippen LogP contribution in [-0.4, -0.2) is 14.1 Å². The van der Waals surface area contributed by atoms with Crippen LogP contribution in [0.1, 0.15) is 56.6 Å². The molecule has 0 radical (unpaired) electrons. The second-order valence-electron chi connectivity index (χ2n) is 17.5. The minimum Gasteiger partial charge on any atom is -0.510 e. The van der Waals surface area contributed by atoms with Gasteiger partial charge in [0.25, 0.3) is 6.33 Å². The van der Waals surface area contributed by atoms with Gasteiger partial charge in [-0.25, -0.2) is 4.98 Å². The first-order chi connectivity index (χ1) is 41.7. The number of rotatable bonds is 9. The number of benzene rings is 9. The van der Waals surface area contributed by atoms with Crippen LogP contribution in [-0.2, 0) is 26.5 Å². The van der Waals surface area contributed by atoms with E-state index in [9.17, 15) is 2.74 Å². The van der Waals surface area contributed by atoms with Gasteiger partial charge in [-0.3, -0.25) is 4.57 Å². The van der Waals surface area contributed by atoms with Crippen molar-refractivity contribution in [3.05, 3.63) is 248 Å². The van der Waals surface area contributed by atoms with E-state index in [0.29, 0.717) is 44.4 Å². The summed E-state index contributed by atoms with van der Waals surface area (Å²) in [6.07, 6.45) is 4.69. The van der Waals surface area contributed by atoms with Gasteiger partial charge in [0.1, 0.15) is 5.82 Å². The number of para-hydroxylation sites is 2. The number of hydrogen-bond acceptors (Lipinski definition) is 2. The summed E-state index contributed by atoms with van der Waals surface area (Å²) in [5.74, 6) is 0.482. The summed E-state index contributed by atoms with van der Waals surface area (Å²) in [6.45, 7) is 3.41. The first-order valence-corrected chi connectivity index (χ1v) is 22.3. The number of pyridine rings is 1. The number of ether oxygens (including phenoxy) is 1. The van der Waals surface area contributed by atoms with Gasteiger partial charge in [0.05, 0.1) is 37.3 Å². The fourth-order valence-electron chi connectivity index (χ4n) is 8.83. The van der Waals surface area contributed by atoms with Gasteiger partial charge in [-0.1, -0.05) is 190 Å². The molecule has 12 aromatic rings. The molecule has 0 amide bonds. The van der Waals surface area contributed by atoms with Crippen LogP contribution in [0.4, 0.5) is 0 Å². The van der Waals surface area contributed by atoms with Crippen LogP contribution in [0.2, 0.25) is 0 Å². The van der Waals surface area contributed by atoms with Gasteiger partial charge >= 0.3 is 0 Å². The Kier molecular flexibility index (Phi) is 7.66. The number of aryl methyl sites for hydroxylation is 1. The number of fused-ring (bicyclic) bond motifs is 4. The second kappa shape index (κ2) is 18.7. The van der Waals surface area contributed by atoms with Crippen molar-refractivity contribution in [2.24, 2.45) is 0 Å². The molecular weight excluding hydrogens is 1050 g/mol. The minimum atomic E-state index is -2.84. The molecule has 9 aromatic carbocycles. The van der Waals surface area contributed by atoms with E-state index >= 15 is 0 Å². The molecule has 0 saturated heterocycles. The van der Waals surface area contributed by atoms with Gasteiger partial charge in [0.15, 0.2) is 0 Å². The second-order valence-corrected chi connectivity index (χ2v) is 17.5. The summed E-state index contributed by atoms with van der Waals surface area (Å²) < 4.78 is 167. The van der Waals surface area contributed by atoms with Crippen molar-refractivity contribution < 1.29 is 55.0 Å². The Morgan fingerprint density at radius 1 is 0.577 bits per heavy atom. The molecule has 3 aromatic heterocycles. The zero-order valence-corrected chi connectivity index (χ0v) is 40.4. The third-order valence-corrected chi connectivity index (χ3v) is 12.2. The largest absolute Gasteiger partial charge is 0.510 e. The average Bonchev–Trinajstić information content (AvgIpc) is 2.02. The van der Waals surface area contributed by atoms with Crippen LogP contribution in [0, 0.1) is 25.3 Å². The van der Waals surface area contributed by atoms with E-state index in [1.54, 1.807) is 74.4 Å². The fraction of sp³-hybridized carbons (Fsp3) is 0.0769. The van der Waals surface area contributed by atoms with E-state index < -0.39 is 97.5 Å². The predicted octanol–water partition coefficient (Wildman–Crippen LogP) is 15.9. The molecule has 0 aliphatic heterocycles. The Hall–Kier alpha value is -8.11. The van der Waals surface area contributed by atoms with Gasteiger partial charge < -0.3 is 13.9 Å². The zero-order valence-electron chi connectivity index (χ0n) is 56.1. The molecule has 0 bridgehead atoms. The van der Waals surface area contributed by atoms with Crippen LogP contribution in [0.5, 0.6) is 11.5 Å². The Balaban J connectivity index is 0.00000817. The predicted molar refractivity (Wildman–Crippen MR) is 285 cm³/mol.